The molecule has 3 aromatic carbocycles. The maximum atomic E-state index is 13.0. The highest BCUT2D eigenvalue weighted by atomic mass is 16.5. The Labute approximate surface area is 188 Å². The standard InChI is InChI=1S/C28H27NO3/c1-19-13-15-29(16-14-19)18-24-25(30)12-11-23-27(31)26(32-28(23)24)17-20-7-9-22(10-8-20)21-5-3-2-4-6-21/h2-12,17,19,30H,13-16,18H2,1H3/b26-17-. The molecule has 0 aromatic heterocycles. The van der Waals surface area contributed by atoms with E-state index < -0.39 is 0 Å². The van der Waals surface area contributed by atoms with E-state index in [0.717, 1.165) is 48.5 Å². The molecule has 0 amide bonds. The van der Waals surface area contributed by atoms with Crippen molar-refractivity contribution in [3.05, 3.63) is 89.2 Å². The smallest absolute Gasteiger partial charge is 0.231 e. The Kier molecular flexibility index (Phi) is 5.54. The molecule has 1 saturated heterocycles. The van der Waals surface area contributed by atoms with Gasteiger partial charge in [0.15, 0.2) is 5.76 Å². The quantitative estimate of drug-likeness (QED) is 0.528. The van der Waals surface area contributed by atoms with E-state index in [0.29, 0.717) is 29.2 Å². The number of phenolic OH excluding ortho intramolecular Hbond substituents is 1. The first kappa shape index (κ1) is 20.5. The second-order valence-electron chi connectivity index (χ2n) is 8.83. The van der Waals surface area contributed by atoms with E-state index in [1.165, 1.54) is 0 Å². The summed E-state index contributed by atoms with van der Waals surface area (Å²) in [6.07, 6.45) is 4.08. The maximum Gasteiger partial charge on any atom is 0.231 e. The average molecular weight is 426 g/mol. The van der Waals surface area contributed by atoms with E-state index in [2.05, 4.69) is 24.0 Å². The Morgan fingerprint density at radius 1 is 0.969 bits per heavy atom. The third kappa shape index (κ3) is 4.06. The number of aromatic hydroxyl groups is 1. The Balaban J connectivity index is 1.38. The van der Waals surface area contributed by atoms with Gasteiger partial charge in [0.05, 0.1) is 11.1 Å². The van der Waals surface area contributed by atoms with Crippen molar-refractivity contribution in [2.45, 2.75) is 26.3 Å². The van der Waals surface area contributed by atoms with E-state index >= 15 is 0 Å². The summed E-state index contributed by atoms with van der Waals surface area (Å²) in [6, 6.07) is 21.5. The number of rotatable bonds is 4. The lowest BCUT2D eigenvalue weighted by atomic mass is 9.98. The van der Waals surface area contributed by atoms with Gasteiger partial charge >= 0.3 is 0 Å². The van der Waals surface area contributed by atoms with Gasteiger partial charge in [-0.25, -0.2) is 0 Å². The van der Waals surface area contributed by atoms with Gasteiger partial charge < -0.3 is 9.84 Å². The lowest BCUT2D eigenvalue weighted by Gasteiger charge is -2.30. The fourth-order valence-corrected chi connectivity index (χ4v) is 4.45. The van der Waals surface area contributed by atoms with Crippen LogP contribution in [-0.2, 0) is 6.54 Å². The van der Waals surface area contributed by atoms with Gasteiger partial charge in [-0.15, -0.1) is 0 Å². The van der Waals surface area contributed by atoms with Crippen LogP contribution in [0.1, 0.15) is 41.3 Å². The first-order chi connectivity index (χ1) is 15.6. The van der Waals surface area contributed by atoms with Gasteiger partial charge in [0.25, 0.3) is 0 Å². The number of nitrogens with zero attached hydrogens (tertiary/aromatic N) is 1. The Bertz CT molecular complexity index is 1160. The molecule has 0 bridgehead atoms. The average Bonchev–Trinajstić information content (AvgIpc) is 3.13. The molecule has 2 aliphatic heterocycles. The predicted molar refractivity (Wildman–Crippen MR) is 127 cm³/mol. The molecule has 1 fully saturated rings. The molecule has 5 rings (SSSR count). The highest BCUT2D eigenvalue weighted by Crippen LogP contribution is 2.40. The first-order valence-corrected chi connectivity index (χ1v) is 11.3. The molecule has 1 N–H and O–H groups in total. The van der Waals surface area contributed by atoms with E-state index in [1.54, 1.807) is 18.2 Å². The fraction of sp³-hybridized carbons (Fsp3) is 0.250. The number of benzene rings is 3. The maximum absolute atomic E-state index is 13.0. The molecule has 0 radical (unpaired) electrons. The SMILES string of the molecule is CC1CCN(Cc2c(O)ccc3c2O/C(=C\c2ccc(-c4ccccc4)cc2)C3=O)CC1. The number of carbonyl (C=O) groups excluding carboxylic acids is 1. The van der Waals surface area contributed by atoms with Crippen molar-refractivity contribution < 1.29 is 14.6 Å². The first-order valence-electron chi connectivity index (χ1n) is 11.3. The number of ketones is 1. The van der Waals surface area contributed by atoms with Crippen LogP contribution in [-0.4, -0.2) is 28.9 Å². The molecule has 0 saturated carbocycles. The van der Waals surface area contributed by atoms with Crippen LogP contribution >= 0.6 is 0 Å². The van der Waals surface area contributed by atoms with Crippen molar-refractivity contribution >= 4 is 11.9 Å². The summed E-state index contributed by atoms with van der Waals surface area (Å²) in [7, 11) is 0. The fourth-order valence-electron chi connectivity index (χ4n) is 4.45. The van der Waals surface area contributed by atoms with Crippen LogP contribution in [0.4, 0.5) is 0 Å². The van der Waals surface area contributed by atoms with Gasteiger partial charge in [-0.1, -0.05) is 61.5 Å². The summed E-state index contributed by atoms with van der Waals surface area (Å²) in [5.74, 6) is 1.58. The van der Waals surface area contributed by atoms with Crippen molar-refractivity contribution in [3.8, 4) is 22.6 Å². The molecule has 0 aliphatic carbocycles. The molecule has 162 valence electrons. The third-order valence-corrected chi connectivity index (χ3v) is 6.49. The van der Waals surface area contributed by atoms with Crippen LogP contribution in [0.3, 0.4) is 0 Å². The van der Waals surface area contributed by atoms with Gasteiger partial charge in [-0.2, -0.15) is 0 Å². The van der Waals surface area contributed by atoms with E-state index in [9.17, 15) is 9.90 Å². The zero-order chi connectivity index (χ0) is 22.1. The number of likely N-dealkylation sites (tertiary alicyclic amines) is 1. The van der Waals surface area contributed by atoms with Crippen LogP contribution in [0.25, 0.3) is 17.2 Å². The van der Waals surface area contributed by atoms with Gasteiger partial charge in [0, 0.05) is 6.54 Å². The molecular formula is C28H27NO3. The predicted octanol–water partition coefficient (Wildman–Crippen LogP) is 5.91. The van der Waals surface area contributed by atoms with Gasteiger partial charge in [-0.05, 0) is 66.7 Å². The van der Waals surface area contributed by atoms with Crippen molar-refractivity contribution in [2.75, 3.05) is 13.1 Å². The van der Waals surface area contributed by atoms with Crippen molar-refractivity contribution in [1.82, 2.24) is 4.90 Å². The number of piperidine rings is 1. The summed E-state index contributed by atoms with van der Waals surface area (Å²) in [4.78, 5) is 15.3. The minimum absolute atomic E-state index is 0.138. The number of Topliss-reactive ketones (excluding diaryl/α,β-unsaturated/α-hetero) is 1. The minimum Gasteiger partial charge on any atom is -0.507 e. The highest BCUT2D eigenvalue weighted by Gasteiger charge is 2.32. The molecular weight excluding hydrogens is 398 g/mol. The number of phenols is 1. The van der Waals surface area contributed by atoms with Gasteiger partial charge in [-0.3, -0.25) is 9.69 Å². The summed E-state index contributed by atoms with van der Waals surface area (Å²) < 4.78 is 6.04. The molecule has 2 aliphatic rings. The van der Waals surface area contributed by atoms with Gasteiger partial charge in [0.1, 0.15) is 11.5 Å². The summed E-state index contributed by atoms with van der Waals surface area (Å²) in [6.45, 7) is 4.86. The van der Waals surface area contributed by atoms with E-state index in [1.807, 2.05) is 42.5 Å². The molecule has 0 spiro atoms. The molecule has 2 heterocycles. The summed E-state index contributed by atoms with van der Waals surface area (Å²) >= 11 is 0. The van der Waals surface area contributed by atoms with E-state index in [-0.39, 0.29) is 11.5 Å². The van der Waals surface area contributed by atoms with E-state index in [4.69, 9.17) is 4.74 Å². The summed E-state index contributed by atoms with van der Waals surface area (Å²) in [5.41, 5.74) is 4.40. The number of fused-ring (bicyclic) bond motifs is 1. The lowest BCUT2D eigenvalue weighted by molar-refractivity contribution is 0.101. The number of carbonyl (C=O) groups is 1. The number of hydrogen-bond acceptors (Lipinski definition) is 4. The second-order valence-corrected chi connectivity index (χ2v) is 8.83. The largest absolute Gasteiger partial charge is 0.507 e. The van der Waals surface area contributed by atoms with Crippen molar-refractivity contribution in [1.29, 1.82) is 0 Å². The Hall–Kier alpha value is -3.37. The molecule has 0 unspecified atom stereocenters. The Morgan fingerprint density at radius 2 is 1.66 bits per heavy atom. The molecule has 32 heavy (non-hydrogen) atoms. The van der Waals surface area contributed by atoms with Gasteiger partial charge in [0.2, 0.25) is 5.78 Å². The molecule has 3 aromatic rings. The van der Waals surface area contributed by atoms with Crippen LogP contribution < -0.4 is 4.74 Å². The van der Waals surface area contributed by atoms with Crippen LogP contribution in [0, 0.1) is 5.92 Å². The zero-order valence-corrected chi connectivity index (χ0v) is 18.3. The lowest BCUT2D eigenvalue weighted by Crippen LogP contribution is -2.32. The number of hydrogen-bond donors (Lipinski definition) is 1. The van der Waals surface area contributed by atoms with Crippen molar-refractivity contribution in [3.63, 3.8) is 0 Å². The molecule has 4 nitrogen and oxygen atoms in total. The minimum atomic E-state index is -0.138. The second kappa shape index (κ2) is 8.64. The number of allylic oxidation sites excluding steroid dienone is 1. The molecule has 0 atom stereocenters. The monoisotopic (exact) mass is 425 g/mol. The Morgan fingerprint density at radius 3 is 2.38 bits per heavy atom. The zero-order valence-electron chi connectivity index (χ0n) is 18.3. The molecule has 4 heteroatoms. The summed E-state index contributed by atoms with van der Waals surface area (Å²) in [5, 5.41) is 10.5. The normalized spacial score (nSPS) is 18.0. The van der Waals surface area contributed by atoms with Crippen molar-refractivity contribution in [2.24, 2.45) is 5.92 Å². The topological polar surface area (TPSA) is 49.8 Å². The van der Waals surface area contributed by atoms with Crippen LogP contribution in [0.15, 0.2) is 72.5 Å². The highest BCUT2D eigenvalue weighted by molar-refractivity contribution is 6.15. The van der Waals surface area contributed by atoms with Crippen LogP contribution in [0.2, 0.25) is 0 Å². The van der Waals surface area contributed by atoms with Crippen LogP contribution in [0.5, 0.6) is 11.5 Å². The third-order valence-electron chi connectivity index (χ3n) is 6.49. The number of ether oxygens (including phenoxy) is 1.